The SMILES string of the molecule is CNCC1CCN(S(=O)(=O)c2c(C)cccc2F)C1.Cl. The highest BCUT2D eigenvalue weighted by Gasteiger charge is 2.34. The third-order valence-electron chi connectivity index (χ3n) is 3.50. The molecule has 0 aromatic heterocycles. The maximum atomic E-state index is 13.8. The maximum absolute atomic E-state index is 13.8. The quantitative estimate of drug-likeness (QED) is 0.919. The predicted octanol–water partition coefficient (Wildman–Crippen LogP) is 1.79. The van der Waals surface area contributed by atoms with Crippen LogP contribution < -0.4 is 5.32 Å². The minimum Gasteiger partial charge on any atom is -0.319 e. The van der Waals surface area contributed by atoms with Crippen molar-refractivity contribution in [2.45, 2.75) is 18.2 Å². The Bertz CT molecular complexity index is 545. The lowest BCUT2D eigenvalue weighted by Gasteiger charge is -2.18. The molecule has 1 atom stereocenters. The first-order valence-electron chi connectivity index (χ1n) is 6.36. The Labute approximate surface area is 125 Å². The number of benzene rings is 1. The van der Waals surface area contributed by atoms with Gasteiger partial charge in [0.05, 0.1) is 0 Å². The van der Waals surface area contributed by atoms with E-state index in [1.165, 1.54) is 16.4 Å². The van der Waals surface area contributed by atoms with Crippen LogP contribution in [0.1, 0.15) is 12.0 Å². The molecule has 0 saturated carbocycles. The largest absolute Gasteiger partial charge is 0.319 e. The fourth-order valence-electron chi connectivity index (χ4n) is 2.54. The van der Waals surface area contributed by atoms with Crippen LogP contribution in [0.15, 0.2) is 23.1 Å². The summed E-state index contributed by atoms with van der Waals surface area (Å²) in [6.07, 6.45) is 0.813. The van der Waals surface area contributed by atoms with Gasteiger partial charge in [0.15, 0.2) is 0 Å². The molecule has 0 aliphatic carbocycles. The summed E-state index contributed by atoms with van der Waals surface area (Å²) < 4.78 is 40.2. The zero-order valence-electron chi connectivity index (χ0n) is 11.6. The highest BCUT2D eigenvalue weighted by Crippen LogP contribution is 2.27. The van der Waals surface area contributed by atoms with Gasteiger partial charge in [0.25, 0.3) is 0 Å². The molecule has 20 heavy (non-hydrogen) atoms. The first-order valence-corrected chi connectivity index (χ1v) is 7.80. The lowest BCUT2D eigenvalue weighted by molar-refractivity contribution is 0.446. The Morgan fingerprint density at radius 3 is 2.75 bits per heavy atom. The molecule has 114 valence electrons. The smallest absolute Gasteiger partial charge is 0.246 e. The molecule has 1 aromatic rings. The summed E-state index contributed by atoms with van der Waals surface area (Å²) in [6.45, 7) is 3.32. The average Bonchev–Trinajstić information content (AvgIpc) is 2.78. The van der Waals surface area contributed by atoms with Crippen molar-refractivity contribution in [2.75, 3.05) is 26.7 Å². The van der Waals surface area contributed by atoms with Crippen molar-refractivity contribution in [3.05, 3.63) is 29.6 Å². The number of sulfonamides is 1. The standard InChI is InChI=1S/C13H19FN2O2S.ClH/c1-10-4-3-5-12(14)13(10)19(17,18)16-7-6-11(9-16)8-15-2;/h3-5,11,15H,6-9H2,1-2H3;1H. The van der Waals surface area contributed by atoms with Crippen LogP contribution in [0.5, 0.6) is 0 Å². The van der Waals surface area contributed by atoms with E-state index >= 15 is 0 Å². The number of halogens is 2. The topological polar surface area (TPSA) is 49.4 Å². The number of hydrogen-bond acceptors (Lipinski definition) is 3. The van der Waals surface area contributed by atoms with Gasteiger partial charge >= 0.3 is 0 Å². The van der Waals surface area contributed by atoms with E-state index in [2.05, 4.69) is 5.32 Å². The number of hydrogen-bond donors (Lipinski definition) is 1. The zero-order valence-corrected chi connectivity index (χ0v) is 13.2. The van der Waals surface area contributed by atoms with E-state index in [0.717, 1.165) is 13.0 Å². The van der Waals surface area contributed by atoms with E-state index in [-0.39, 0.29) is 17.3 Å². The second kappa shape index (κ2) is 6.85. The van der Waals surface area contributed by atoms with E-state index in [1.54, 1.807) is 13.0 Å². The van der Waals surface area contributed by atoms with Crippen LogP contribution in [0, 0.1) is 18.7 Å². The van der Waals surface area contributed by atoms with E-state index in [0.29, 0.717) is 24.6 Å². The van der Waals surface area contributed by atoms with Crippen LogP contribution in [0.3, 0.4) is 0 Å². The molecule has 1 heterocycles. The lowest BCUT2D eigenvalue weighted by atomic mass is 10.1. The highest BCUT2D eigenvalue weighted by molar-refractivity contribution is 7.89. The molecule has 1 aromatic carbocycles. The molecular formula is C13H20ClFN2O2S. The summed E-state index contributed by atoms with van der Waals surface area (Å²) in [7, 11) is -1.88. The second-order valence-electron chi connectivity index (χ2n) is 4.96. The summed E-state index contributed by atoms with van der Waals surface area (Å²) >= 11 is 0. The minimum atomic E-state index is -3.72. The van der Waals surface area contributed by atoms with Gasteiger partial charge < -0.3 is 5.32 Å². The van der Waals surface area contributed by atoms with Crippen molar-refractivity contribution < 1.29 is 12.8 Å². The maximum Gasteiger partial charge on any atom is 0.246 e. The molecule has 0 spiro atoms. The molecule has 2 rings (SSSR count). The van der Waals surface area contributed by atoms with Gasteiger partial charge in [-0.25, -0.2) is 12.8 Å². The van der Waals surface area contributed by atoms with Crippen LogP contribution in [0.25, 0.3) is 0 Å². The minimum absolute atomic E-state index is 0. The van der Waals surface area contributed by atoms with E-state index in [1.807, 2.05) is 7.05 Å². The predicted molar refractivity (Wildman–Crippen MR) is 79.2 cm³/mol. The first-order chi connectivity index (χ1) is 8.96. The Morgan fingerprint density at radius 1 is 1.45 bits per heavy atom. The number of nitrogens with zero attached hydrogens (tertiary/aromatic N) is 1. The summed E-state index contributed by atoms with van der Waals surface area (Å²) in [6, 6.07) is 4.34. The van der Waals surface area contributed by atoms with Gasteiger partial charge in [-0.15, -0.1) is 12.4 Å². The van der Waals surface area contributed by atoms with Gasteiger partial charge in [0, 0.05) is 13.1 Å². The van der Waals surface area contributed by atoms with Crippen molar-refractivity contribution in [3.63, 3.8) is 0 Å². The number of aryl methyl sites for hydroxylation is 1. The fourth-order valence-corrected chi connectivity index (χ4v) is 4.34. The fraction of sp³-hybridized carbons (Fsp3) is 0.538. The normalized spacial score (nSPS) is 19.9. The average molecular weight is 323 g/mol. The molecule has 1 saturated heterocycles. The van der Waals surface area contributed by atoms with Crippen molar-refractivity contribution in [3.8, 4) is 0 Å². The van der Waals surface area contributed by atoms with Crippen molar-refractivity contribution in [1.29, 1.82) is 0 Å². The summed E-state index contributed by atoms with van der Waals surface area (Å²) in [5.74, 6) is -0.371. The van der Waals surface area contributed by atoms with Crippen LogP contribution in [-0.2, 0) is 10.0 Å². The Hall–Kier alpha value is -0.690. The van der Waals surface area contributed by atoms with Gasteiger partial charge in [0.2, 0.25) is 10.0 Å². The summed E-state index contributed by atoms with van der Waals surface area (Å²) in [5, 5.41) is 3.05. The summed E-state index contributed by atoms with van der Waals surface area (Å²) in [5.41, 5.74) is 0.456. The Kier molecular flexibility index (Phi) is 5.94. The molecule has 0 amide bonds. The van der Waals surface area contributed by atoms with Crippen molar-refractivity contribution in [2.24, 2.45) is 5.92 Å². The molecule has 1 fully saturated rings. The molecule has 1 unspecified atom stereocenters. The third-order valence-corrected chi connectivity index (χ3v) is 5.55. The molecule has 1 aliphatic heterocycles. The van der Waals surface area contributed by atoms with Crippen LogP contribution >= 0.6 is 12.4 Å². The molecule has 7 heteroatoms. The Balaban J connectivity index is 0.00000200. The lowest BCUT2D eigenvalue weighted by Crippen LogP contribution is -2.31. The molecule has 4 nitrogen and oxygen atoms in total. The summed E-state index contributed by atoms with van der Waals surface area (Å²) in [4.78, 5) is -0.180. The molecule has 1 aliphatic rings. The van der Waals surface area contributed by atoms with Crippen LogP contribution in [0.2, 0.25) is 0 Å². The third kappa shape index (κ3) is 3.31. The van der Waals surface area contributed by atoms with Crippen molar-refractivity contribution >= 4 is 22.4 Å². The van der Waals surface area contributed by atoms with Crippen LogP contribution in [0.4, 0.5) is 4.39 Å². The molecule has 0 bridgehead atoms. The highest BCUT2D eigenvalue weighted by atomic mass is 35.5. The molecular weight excluding hydrogens is 303 g/mol. The van der Waals surface area contributed by atoms with Gasteiger partial charge in [-0.05, 0) is 44.5 Å². The van der Waals surface area contributed by atoms with Gasteiger partial charge in [-0.3, -0.25) is 0 Å². The van der Waals surface area contributed by atoms with Crippen LogP contribution in [-0.4, -0.2) is 39.4 Å². The number of nitrogens with one attached hydrogen (secondary N) is 1. The van der Waals surface area contributed by atoms with E-state index < -0.39 is 15.8 Å². The molecule has 0 radical (unpaired) electrons. The van der Waals surface area contributed by atoms with E-state index in [9.17, 15) is 12.8 Å². The van der Waals surface area contributed by atoms with Gasteiger partial charge in [-0.2, -0.15) is 4.31 Å². The number of rotatable bonds is 4. The first kappa shape index (κ1) is 17.4. The Morgan fingerprint density at radius 2 is 2.15 bits per heavy atom. The van der Waals surface area contributed by atoms with Gasteiger partial charge in [-0.1, -0.05) is 12.1 Å². The van der Waals surface area contributed by atoms with Crippen molar-refractivity contribution in [1.82, 2.24) is 9.62 Å². The van der Waals surface area contributed by atoms with E-state index in [4.69, 9.17) is 0 Å². The van der Waals surface area contributed by atoms with Gasteiger partial charge in [0.1, 0.15) is 10.7 Å². The monoisotopic (exact) mass is 322 g/mol. The second-order valence-corrected chi connectivity index (χ2v) is 6.84. The zero-order chi connectivity index (χ0) is 14.0. The molecule has 1 N–H and O–H groups in total.